The summed E-state index contributed by atoms with van der Waals surface area (Å²) in [6, 6.07) is 0. The number of carbonyl (C=O) groups is 2. The molecule has 0 bridgehead atoms. The monoisotopic (exact) mass is 258 g/mol. The van der Waals surface area contributed by atoms with Crippen LogP contribution in [0.15, 0.2) is 0 Å². The molecule has 0 unspecified atom stereocenters. The molecule has 0 aromatic heterocycles. The molecular weight excluding hydrogens is 232 g/mol. The lowest BCUT2D eigenvalue weighted by molar-refractivity contribution is -0.132. The van der Waals surface area contributed by atoms with Gasteiger partial charge in [0.25, 0.3) is 0 Å². The van der Waals surface area contributed by atoms with E-state index in [1.54, 1.807) is 18.7 Å². The molecule has 2 aliphatic heterocycles. The molecule has 2 amide bonds. The zero-order valence-corrected chi connectivity index (χ0v) is 10.8. The number of amides is 2. The molecule has 0 spiro atoms. The number of morpholine rings is 1. The van der Waals surface area contributed by atoms with E-state index in [-0.39, 0.29) is 19.2 Å². The van der Waals surface area contributed by atoms with Gasteiger partial charge >= 0.3 is 0 Å². The van der Waals surface area contributed by atoms with Gasteiger partial charge in [0, 0.05) is 40.0 Å². The molecule has 2 aliphatic rings. The molecule has 0 aromatic rings. The number of hydrogen-bond donors (Lipinski definition) is 0. The van der Waals surface area contributed by atoms with Crippen LogP contribution in [0.5, 0.6) is 0 Å². The van der Waals surface area contributed by atoms with Crippen LogP contribution in [0.4, 0.5) is 0 Å². The number of carbonyl (C=O) groups excluding carboxylic acids is 2. The van der Waals surface area contributed by atoms with Crippen molar-refractivity contribution in [1.29, 1.82) is 0 Å². The molecule has 2 rings (SSSR count). The van der Waals surface area contributed by atoms with Crippen molar-refractivity contribution in [3.05, 3.63) is 0 Å². The second-order valence-corrected chi connectivity index (χ2v) is 4.33. The fraction of sp³-hybridized carbons (Fsp3) is 0.846. The Morgan fingerprint density at radius 2 is 1.22 bits per heavy atom. The number of hydrogen-bond acceptors (Lipinski definition) is 3. The van der Waals surface area contributed by atoms with Crippen LogP contribution < -0.4 is 0 Å². The van der Waals surface area contributed by atoms with Gasteiger partial charge in [0.05, 0.1) is 13.2 Å². The van der Waals surface area contributed by atoms with E-state index >= 15 is 0 Å². The van der Waals surface area contributed by atoms with Crippen molar-refractivity contribution in [2.75, 3.05) is 39.4 Å². The maximum atomic E-state index is 10.7. The molecule has 5 nitrogen and oxygen atoms in total. The third-order valence-corrected chi connectivity index (χ3v) is 3.01. The Hall–Kier alpha value is -1.10. The van der Waals surface area contributed by atoms with Gasteiger partial charge in [-0.3, -0.25) is 9.59 Å². The van der Waals surface area contributed by atoms with Gasteiger partial charge in [0.15, 0.2) is 0 Å². The summed E-state index contributed by atoms with van der Waals surface area (Å²) in [5.74, 6) is 0.376. The highest BCUT2D eigenvalue weighted by Crippen LogP contribution is 2.06. The van der Waals surface area contributed by atoms with E-state index in [0.717, 1.165) is 26.2 Å². The van der Waals surface area contributed by atoms with Crippen LogP contribution >= 0.6 is 0 Å². The van der Waals surface area contributed by atoms with Crippen molar-refractivity contribution in [2.24, 2.45) is 0 Å². The second-order valence-electron chi connectivity index (χ2n) is 4.33. The fourth-order valence-electron chi connectivity index (χ4n) is 1.91. The van der Waals surface area contributed by atoms with Crippen molar-refractivity contribution in [3.8, 4) is 0 Å². The zero-order chi connectivity index (χ0) is 12.7. The summed E-state index contributed by atoms with van der Waals surface area (Å²) in [6.45, 7) is 8.09. The highest BCUT2D eigenvalue weighted by molar-refractivity contribution is 5.73. The summed E-state index contributed by atoms with van der Waals surface area (Å²) in [4.78, 5) is 24.9. The lowest BCUT2D eigenvalue weighted by Crippen LogP contribution is -2.39. The van der Waals surface area contributed by atoms with Gasteiger partial charge in [-0.2, -0.15) is 0 Å². The highest BCUT2D eigenvalue weighted by Gasteiger charge is 2.12. The number of ether oxygens (including phenoxy) is 1. The summed E-state index contributed by atoms with van der Waals surface area (Å²) >= 11 is 0. The lowest BCUT2D eigenvalue weighted by atomic mass is 10.4. The van der Waals surface area contributed by atoms with E-state index in [9.17, 15) is 9.59 Å². The van der Waals surface area contributed by atoms with Crippen LogP contribution in [0.2, 0.25) is 0 Å². The quantitative estimate of drug-likeness (QED) is 0.654. The molecule has 2 saturated heterocycles. The molecule has 0 aliphatic carbocycles. The van der Waals surface area contributed by atoms with E-state index < -0.39 is 0 Å². The van der Waals surface area contributed by atoms with Crippen molar-refractivity contribution in [1.82, 2.24) is 9.80 Å². The maximum Gasteiger partial charge on any atom is 0.219 e. The minimum atomic E-state index is 0. The van der Waals surface area contributed by atoms with Crippen molar-refractivity contribution in [3.63, 3.8) is 0 Å². The summed E-state index contributed by atoms with van der Waals surface area (Å²) in [6.07, 6.45) is 2.39. The highest BCUT2D eigenvalue weighted by atomic mass is 16.5. The summed E-state index contributed by atoms with van der Waals surface area (Å²) in [7, 11) is 0. The Balaban J connectivity index is 0.000000306. The van der Waals surface area contributed by atoms with Crippen molar-refractivity contribution < 1.29 is 14.3 Å². The molecule has 0 radical (unpaired) electrons. The first-order valence-corrected chi connectivity index (χ1v) is 6.20. The molecular formula is C13H26N2O3. The van der Waals surface area contributed by atoms with Crippen LogP contribution in [0, 0.1) is 0 Å². The van der Waals surface area contributed by atoms with Crippen molar-refractivity contribution in [2.45, 2.75) is 34.1 Å². The first-order valence-electron chi connectivity index (χ1n) is 6.20. The Bertz CT molecular complexity index is 257. The fourth-order valence-corrected chi connectivity index (χ4v) is 1.91. The van der Waals surface area contributed by atoms with Gasteiger partial charge < -0.3 is 14.5 Å². The Morgan fingerprint density at radius 3 is 1.50 bits per heavy atom. The summed E-state index contributed by atoms with van der Waals surface area (Å²) in [5, 5.41) is 0. The smallest absolute Gasteiger partial charge is 0.219 e. The van der Waals surface area contributed by atoms with Crippen LogP contribution in [-0.4, -0.2) is 61.0 Å². The average Bonchev–Trinajstić information content (AvgIpc) is 2.84. The van der Waals surface area contributed by atoms with Crippen LogP contribution in [-0.2, 0) is 14.3 Å². The molecule has 5 heteroatoms. The molecule has 0 aromatic carbocycles. The normalized spacial score (nSPS) is 18.6. The number of nitrogens with zero attached hydrogens (tertiary/aromatic N) is 2. The van der Waals surface area contributed by atoms with Crippen LogP contribution in [0.25, 0.3) is 0 Å². The lowest BCUT2D eigenvalue weighted by Gasteiger charge is -2.25. The first-order chi connectivity index (χ1) is 8.11. The van der Waals surface area contributed by atoms with Crippen molar-refractivity contribution >= 4 is 11.8 Å². The Kier molecular flexibility index (Phi) is 8.37. The van der Waals surface area contributed by atoms with E-state index in [1.165, 1.54) is 12.8 Å². The second kappa shape index (κ2) is 8.91. The molecule has 0 atom stereocenters. The zero-order valence-electron chi connectivity index (χ0n) is 10.8. The van der Waals surface area contributed by atoms with Gasteiger partial charge in [-0.15, -0.1) is 0 Å². The predicted octanol–water partition coefficient (Wildman–Crippen LogP) is 1.13. The topological polar surface area (TPSA) is 49.9 Å². The molecule has 0 N–H and O–H groups in total. The predicted molar refractivity (Wildman–Crippen MR) is 71.3 cm³/mol. The van der Waals surface area contributed by atoms with Crippen LogP contribution in [0.3, 0.4) is 0 Å². The number of likely N-dealkylation sites (tertiary alicyclic amines) is 1. The minimum Gasteiger partial charge on any atom is -0.378 e. The van der Waals surface area contributed by atoms with Crippen LogP contribution in [0.1, 0.15) is 34.1 Å². The maximum absolute atomic E-state index is 10.7. The third-order valence-electron chi connectivity index (χ3n) is 3.01. The molecule has 2 fully saturated rings. The molecule has 2 heterocycles. The number of rotatable bonds is 0. The van der Waals surface area contributed by atoms with Gasteiger partial charge in [-0.05, 0) is 12.8 Å². The van der Waals surface area contributed by atoms with E-state index in [2.05, 4.69) is 0 Å². The molecule has 18 heavy (non-hydrogen) atoms. The SMILES string of the molecule is C.CC(=O)N1CCCC1.CC(=O)N1CCOCC1. The van der Waals surface area contributed by atoms with Gasteiger partial charge in [0.2, 0.25) is 11.8 Å². The first kappa shape index (κ1) is 16.9. The van der Waals surface area contributed by atoms with Gasteiger partial charge in [-0.1, -0.05) is 7.43 Å². The van der Waals surface area contributed by atoms with E-state index in [4.69, 9.17) is 4.74 Å². The van der Waals surface area contributed by atoms with E-state index in [1.807, 2.05) is 4.90 Å². The van der Waals surface area contributed by atoms with Gasteiger partial charge in [0.1, 0.15) is 0 Å². The summed E-state index contributed by atoms with van der Waals surface area (Å²) in [5.41, 5.74) is 0. The average molecular weight is 258 g/mol. The molecule has 0 saturated carbocycles. The largest absolute Gasteiger partial charge is 0.378 e. The summed E-state index contributed by atoms with van der Waals surface area (Å²) < 4.78 is 5.06. The third kappa shape index (κ3) is 6.00. The van der Waals surface area contributed by atoms with Gasteiger partial charge in [-0.25, -0.2) is 0 Å². The molecule has 106 valence electrons. The minimum absolute atomic E-state index is 0. The standard InChI is InChI=1S/C6H11NO2.C6H11NO.CH4/c1-6(8)7-2-4-9-5-3-7;1-6(8)7-4-2-3-5-7;/h2-5H2,1H3;2-5H2,1H3;1H4. The Morgan fingerprint density at radius 1 is 0.833 bits per heavy atom. The Labute approximate surface area is 110 Å². The van der Waals surface area contributed by atoms with E-state index in [0.29, 0.717) is 13.2 Å².